The van der Waals surface area contributed by atoms with Crippen LogP contribution in [0.2, 0.25) is 0 Å². The summed E-state index contributed by atoms with van der Waals surface area (Å²) < 4.78 is 48.1. The molecule has 0 bridgehead atoms. The van der Waals surface area contributed by atoms with Crippen LogP contribution in [0.15, 0.2) is 29.3 Å². The van der Waals surface area contributed by atoms with Crippen molar-refractivity contribution in [2.75, 3.05) is 11.9 Å². The van der Waals surface area contributed by atoms with E-state index in [2.05, 4.69) is 16.0 Å². The number of rotatable bonds is 3. The lowest BCUT2D eigenvalue weighted by atomic mass is 9.99. The number of nitrogens with zero attached hydrogens (tertiary/aromatic N) is 2. The maximum Gasteiger partial charge on any atom is 0.276 e. The van der Waals surface area contributed by atoms with Crippen molar-refractivity contribution in [2.45, 2.75) is 23.5 Å². The number of aromatic nitrogens is 1. The smallest absolute Gasteiger partial charge is 0.276 e. The van der Waals surface area contributed by atoms with Gasteiger partial charge in [0.1, 0.15) is 29.0 Å². The molecule has 0 saturated carbocycles. The van der Waals surface area contributed by atoms with E-state index in [1.807, 2.05) is 0 Å². The van der Waals surface area contributed by atoms with E-state index in [4.69, 9.17) is 16.4 Å². The van der Waals surface area contributed by atoms with Gasteiger partial charge in [-0.1, -0.05) is 5.92 Å². The van der Waals surface area contributed by atoms with E-state index in [9.17, 15) is 22.7 Å². The first kappa shape index (κ1) is 21.3. The fraction of sp³-hybridized carbons (Fsp3) is 0.263. The molecule has 0 fully saturated rings. The van der Waals surface area contributed by atoms with Gasteiger partial charge in [-0.25, -0.2) is 17.5 Å². The van der Waals surface area contributed by atoms with Gasteiger partial charge in [-0.05, 0) is 25.1 Å². The number of benzene rings is 1. The Kier molecular flexibility index (Phi) is 5.31. The zero-order valence-electron chi connectivity index (χ0n) is 15.9. The van der Waals surface area contributed by atoms with Crippen molar-refractivity contribution in [1.82, 2.24) is 9.29 Å². The number of carbonyl (C=O) groups excluding carboxylic acids is 1. The molecule has 1 aromatic heterocycles. The molecule has 2 atom stereocenters. The lowest BCUT2D eigenvalue weighted by Crippen LogP contribution is -2.52. The van der Waals surface area contributed by atoms with Crippen molar-refractivity contribution in [2.24, 2.45) is 7.05 Å². The van der Waals surface area contributed by atoms with Crippen LogP contribution < -0.4 is 14.8 Å². The molecule has 9 nitrogen and oxygen atoms in total. The third kappa shape index (κ3) is 3.74. The average Bonchev–Trinajstić information content (AvgIpc) is 2.97. The number of aryl methyl sites for hydroxylation is 1. The molecule has 0 spiro atoms. The molecule has 156 valence electrons. The van der Waals surface area contributed by atoms with Crippen LogP contribution in [-0.2, 0) is 17.1 Å². The largest absolute Gasteiger partial charge is 0.488 e. The summed E-state index contributed by atoms with van der Waals surface area (Å²) in [7, 11) is -2.72. The van der Waals surface area contributed by atoms with Gasteiger partial charge in [-0.2, -0.15) is 5.26 Å². The highest BCUT2D eigenvalue weighted by atomic mass is 32.2. The number of fused-ring (bicyclic) bond motifs is 1. The standard InChI is InChI=1S/C19H17FN4O5S/c1-4-19(2,26)15-10-29-17-14(30(27,28)23-15)9-24(3)16(17)18(25)22-12-5-6-13(20)11(7-12)8-21/h1,5-7,9,15,23,26H,10H2,2-3H3,(H,22,25)/t15-,19?/m1/s1. The van der Waals surface area contributed by atoms with Crippen LogP contribution in [-0.4, -0.2) is 42.2 Å². The van der Waals surface area contributed by atoms with Crippen LogP contribution in [0, 0.1) is 29.5 Å². The van der Waals surface area contributed by atoms with Crippen LogP contribution >= 0.6 is 0 Å². The van der Waals surface area contributed by atoms with E-state index < -0.39 is 33.4 Å². The molecular weight excluding hydrogens is 415 g/mol. The number of anilines is 1. The molecule has 3 rings (SSSR count). The lowest BCUT2D eigenvalue weighted by Gasteiger charge is -2.26. The molecular formula is C19H17FN4O5S. The van der Waals surface area contributed by atoms with Crippen LogP contribution in [0.5, 0.6) is 5.75 Å². The summed E-state index contributed by atoms with van der Waals surface area (Å²) in [4.78, 5) is 12.5. The number of hydrogen-bond donors (Lipinski definition) is 3. The second kappa shape index (κ2) is 7.46. The number of halogens is 1. The second-order valence-corrected chi connectivity index (χ2v) is 8.50. The first-order valence-electron chi connectivity index (χ1n) is 8.55. The van der Waals surface area contributed by atoms with E-state index in [0.717, 1.165) is 12.1 Å². The molecule has 2 heterocycles. The van der Waals surface area contributed by atoms with Crippen molar-refractivity contribution >= 4 is 21.6 Å². The zero-order valence-corrected chi connectivity index (χ0v) is 16.7. The number of amides is 1. The van der Waals surface area contributed by atoms with Crippen molar-refractivity contribution in [3.8, 4) is 24.2 Å². The Bertz CT molecular complexity index is 1220. The van der Waals surface area contributed by atoms with E-state index in [0.29, 0.717) is 0 Å². The minimum absolute atomic E-state index is 0.126. The molecule has 1 unspecified atom stereocenters. The third-order valence-electron chi connectivity index (χ3n) is 4.61. The summed E-state index contributed by atoms with van der Waals surface area (Å²) in [5.41, 5.74) is -2.08. The minimum Gasteiger partial charge on any atom is -0.488 e. The Balaban J connectivity index is 1.99. The molecule has 1 aliphatic rings. The Morgan fingerprint density at radius 2 is 2.23 bits per heavy atom. The van der Waals surface area contributed by atoms with Gasteiger partial charge in [-0.15, -0.1) is 6.42 Å². The van der Waals surface area contributed by atoms with Gasteiger partial charge in [0.2, 0.25) is 10.0 Å². The quantitative estimate of drug-likeness (QED) is 0.612. The predicted octanol–water partition coefficient (Wildman–Crippen LogP) is 0.712. The lowest BCUT2D eigenvalue weighted by molar-refractivity contribution is 0.0640. The summed E-state index contributed by atoms with van der Waals surface area (Å²) in [5, 5.41) is 21.6. The highest BCUT2D eigenvalue weighted by Gasteiger charge is 2.40. The Hall–Kier alpha value is -3.38. The number of nitriles is 1. The summed E-state index contributed by atoms with van der Waals surface area (Å²) in [6.45, 7) is 0.928. The summed E-state index contributed by atoms with van der Waals surface area (Å²) in [6, 6.07) is 3.94. The molecule has 0 radical (unpaired) electrons. The molecule has 30 heavy (non-hydrogen) atoms. The van der Waals surface area contributed by atoms with E-state index in [-0.39, 0.29) is 34.2 Å². The fourth-order valence-corrected chi connectivity index (χ4v) is 4.37. The Morgan fingerprint density at radius 1 is 1.53 bits per heavy atom. The van der Waals surface area contributed by atoms with E-state index >= 15 is 0 Å². The van der Waals surface area contributed by atoms with Gasteiger partial charge in [0, 0.05) is 18.9 Å². The summed E-state index contributed by atoms with van der Waals surface area (Å²) in [6.07, 6.45) is 6.46. The van der Waals surface area contributed by atoms with Gasteiger partial charge in [0.05, 0.1) is 11.6 Å². The molecule has 11 heteroatoms. The summed E-state index contributed by atoms with van der Waals surface area (Å²) >= 11 is 0. The fourth-order valence-electron chi connectivity index (χ4n) is 2.88. The van der Waals surface area contributed by atoms with E-state index in [1.54, 1.807) is 6.07 Å². The highest BCUT2D eigenvalue weighted by molar-refractivity contribution is 7.89. The van der Waals surface area contributed by atoms with Crippen molar-refractivity contribution in [3.63, 3.8) is 0 Å². The molecule has 0 saturated heterocycles. The second-order valence-electron chi connectivity index (χ2n) is 6.82. The predicted molar refractivity (Wildman–Crippen MR) is 104 cm³/mol. The minimum atomic E-state index is -4.17. The number of nitrogens with one attached hydrogen (secondary N) is 2. The van der Waals surface area contributed by atoms with E-state index in [1.165, 1.54) is 30.8 Å². The van der Waals surface area contributed by atoms with Gasteiger partial charge in [-0.3, -0.25) is 4.79 Å². The highest BCUT2D eigenvalue weighted by Crippen LogP contribution is 2.34. The van der Waals surface area contributed by atoms with Gasteiger partial charge in [0.15, 0.2) is 11.4 Å². The number of aliphatic hydroxyl groups is 1. The number of carbonyl (C=O) groups is 1. The van der Waals surface area contributed by atoms with Crippen molar-refractivity contribution in [3.05, 3.63) is 41.5 Å². The number of ether oxygens (including phenoxy) is 1. The third-order valence-corrected chi connectivity index (χ3v) is 6.08. The topological polar surface area (TPSA) is 133 Å². The molecule has 1 amide bonds. The van der Waals surface area contributed by atoms with Crippen molar-refractivity contribution < 1.29 is 27.4 Å². The van der Waals surface area contributed by atoms with Crippen LogP contribution in [0.1, 0.15) is 23.0 Å². The maximum atomic E-state index is 13.5. The van der Waals surface area contributed by atoms with Gasteiger partial charge < -0.3 is 19.7 Å². The van der Waals surface area contributed by atoms with Crippen LogP contribution in [0.4, 0.5) is 10.1 Å². The molecule has 1 aliphatic heterocycles. The van der Waals surface area contributed by atoms with Gasteiger partial charge in [0.25, 0.3) is 5.91 Å². The number of sulfonamides is 1. The number of hydrogen-bond acceptors (Lipinski definition) is 6. The zero-order chi connectivity index (χ0) is 22.3. The number of terminal acetylenes is 1. The molecule has 1 aromatic carbocycles. The first-order valence-corrected chi connectivity index (χ1v) is 10.0. The van der Waals surface area contributed by atoms with Crippen molar-refractivity contribution in [1.29, 1.82) is 5.26 Å². The monoisotopic (exact) mass is 432 g/mol. The first-order chi connectivity index (χ1) is 14.0. The maximum absolute atomic E-state index is 13.5. The van der Waals surface area contributed by atoms with Crippen LogP contribution in [0.25, 0.3) is 0 Å². The summed E-state index contributed by atoms with van der Waals surface area (Å²) in [5.74, 6) is 0.393. The Labute approximate surface area is 172 Å². The normalized spacial score (nSPS) is 19.2. The average molecular weight is 432 g/mol. The van der Waals surface area contributed by atoms with Gasteiger partial charge >= 0.3 is 0 Å². The SMILES string of the molecule is C#CC(C)(O)[C@H]1COc2c(cn(C)c2C(=O)Nc2ccc(F)c(C#N)c2)S(=O)(=O)N1. The molecule has 2 aromatic rings. The Morgan fingerprint density at radius 3 is 2.87 bits per heavy atom. The van der Waals surface area contributed by atoms with Crippen LogP contribution in [0.3, 0.4) is 0 Å². The molecule has 0 aliphatic carbocycles. The molecule has 3 N–H and O–H groups in total.